The summed E-state index contributed by atoms with van der Waals surface area (Å²) >= 11 is 1.40. The predicted molar refractivity (Wildman–Crippen MR) is 90.6 cm³/mol. The van der Waals surface area contributed by atoms with Crippen LogP contribution in [0.15, 0.2) is 0 Å². The van der Waals surface area contributed by atoms with Crippen molar-refractivity contribution in [3.63, 3.8) is 0 Å². The number of ether oxygens (including phenoxy) is 1. The minimum absolute atomic E-state index is 0.170. The van der Waals surface area contributed by atoms with Gasteiger partial charge in [-0.3, -0.25) is 4.79 Å². The molecule has 0 spiro atoms. The first-order valence-corrected chi connectivity index (χ1v) is 8.06. The Hall–Kier alpha value is -1.43. The van der Waals surface area contributed by atoms with Crippen molar-refractivity contribution in [1.29, 1.82) is 0 Å². The van der Waals surface area contributed by atoms with E-state index in [0.29, 0.717) is 28.1 Å². The highest BCUT2D eigenvalue weighted by Gasteiger charge is 2.25. The van der Waals surface area contributed by atoms with E-state index in [2.05, 4.69) is 37.9 Å². The maximum Gasteiger partial charge on any atom is 0.263 e. The van der Waals surface area contributed by atoms with E-state index in [0.717, 1.165) is 18.1 Å². The second kappa shape index (κ2) is 7.54. The molecule has 0 aliphatic carbocycles. The van der Waals surface area contributed by atoms with E-state index < -0.39 is 0 Å². The van der Waals surface area contributed by atoms with Crippen LogP contribution in [0.1, 0.15) is 37.4 Å². The average Bonchev–Trinajstić information content (AvgIpc) is 2.73. The normalized spacial score (nSPS) is 11.0. The van der Waals surface area contributed by atoms with Crippen molar-refractivity contribution in [2.75, 3.05) is 37.9 Å². The molecule has 1 aromatic heterocycles. The van der Waals surface area contributed by atoms with Crippen molar-refractivity contribution in [2.45, 2.75) is 27.7 Å². The van der Waals surface area contributed by atoms with Crippen molar-refractivity contribution in [2.24, 2.45) is 11.8 Å². The highest BCUT2D eigenvalue weighted by Crippen LogP contribution is 2.45. The van der Waals surface area contributed by atoms with Gasteiger partial charge in [-0.1, -0.05) is 27.7 Å². The largest absolute Gasteiger partial charge is 0.492 e. The molecule has 0 aromatic carbocycles. The first-order chi connectivity index (χ1) is 9.81. The molecule has 0 bridgehead atoms. The van der Waals surface area contributed by atoms with Crippen LogP contribution in [0.4, 0.5) is 10.7 Å². The monoisotopic (exact) mass is 313 g/mol. The number of amides is 1. The Balaban J connectivity index is 3.25. The van der Waals surface area contributed by atoms with E-state index in [1.807, 2.05) is 0 Å². The molecule has 5 nitrogen and oxygen atoms in total. The number of hydrogen-bond acceptors (Lipinski definition) is 5. The number of nitrogens with zero attached hydrogens (tertiary/aromatic N) is 1. The summed E-state index contributed by atoms with van der Waals surface area (Å²) in [5.41, 5.74) is 6.51. The number of carbonyl (C=O) groups excluding carboxylic acids is 1. The Morgan fingerprint density at radius 3 is 2.19 bits per heavy atom. The van der Waals surface area contributed by atoms with Gasteiger partial charge in [0.25, 0.3) is 5.91 Å². The van der Waals surface area contributed by atoms with Crippen LogP contribution in [0, 0.1) is 11.8 Å². The average molecular weight is 313 g/mol. The molecule has 1 amide bonds. The van der Waals surface area contributed by atoms with Gasteiger partial charge in [0.2, 0.25) is 0 Å². The zero-order valence-corrected chi connectivity index (χ0v) is 14.6. The van der Waals surface area contributed by atoms with Gasteiger partial charge in [-0.15, -0.1) is 11.3 Å². The Morgan fingerprint density at radius 2 is 1.81 bits per heavy atom. The maximum atomic E-state index is 11.9. The topological polar surface area (TPSA) is 67.6 Å². The van der Waals surface area contributed by atoms with Gasteiger partial charge in [0, 0.05) is 20.1 Å². The van der Waals surface area contributed by atoms with Gasteiger partial charge >= 0.3 is 0 Å². The number of methoxy groups -OCH3 is 1. The fourth-order valence-electron chi connectivity index (χ4n) is 2.23. The zero-order valence-electron chi connectivity index (χ0n) is 13.8. The van der Waals surface area contributed by atoms with E-state index >= 15 is 0 Å². The molecule has 1 heterocycles. The van der Waals surface area contributed by atoms with E-state index in [1.54, 1.807) is 14.2 Å². The summed E-state index contributed by atoms with van der Waals surface area (Å²) in [5.74, 6) is 1.47. The Kier molecular flexibility index (Phi) is 6.33. The lowest BCUT2D eigenvalue weighted by atomic mass is 10.1. The van der Waals surface area contributed by atoms with Gasteiger partial charge in [-0.25, -0.2) is 0 Å². The zero-order chi connectivity index (χ0) is 16.2. The molecule has 0 aliphatic heterocycles. The lowest BCUT2D eigenvalue weighted by molar-refractivity contribution is 0.0967. The number of anilines is 2. The Labute approximate surface area is 131 Å². The third kappa shape index (κ3) is 4.27. The number of nitrogen functional groups attached to an aromatic ring is 1. The second-order valence-electron chi connectivity index (χ2n) is 5.96. The molecule has 0 fully saturated rings. The molecule has 21 heavy (non-hydrogen) atoms. The standard InChI is InChI=1S/C15H27N3O2S/c1-9(2)7-18(8-10(3)4)15-12(20-6)11(16)13(21-15)14(19)17-5/h9-10H,7-8,16H2,1-6H3,(H,17,19). The van der Waals surface area contributed by atoms with Gasteiger partial charge in [0.15, 0.2) is 5.75 Å². The first kappa shape index (κ1) is 17.6. The minimum atomic E-state index is -0.170. The predicted octanol–water partition coefficient (Wildman–Crippen LogP) is 2.82. The van der Waals surface area contributed by atoms with Crippen LogP contribution in [0.5, 0.6) is 5.75 Å². The summed E-state index contributed by atoms with van der Waals surface area (Å²) in [6.07, 6.45) is 0. The summed E-state index contributed by atoms with van der Waals surface area (Å²) in [7, 11) is 3.20. The Morgan fingerprint density at radius 1 is 1.29 bits per heavy atom. The summed E-state index contributed by atoms with van der Waals surface area (Å²) in [6, 6.07) is 0. The van der Waals surface area contributed by atoms with Gasteiger partial charge in [0.1, 0.15) is 15.6 Å². The molecule has 0 atom stereocenters. The number of nitrogens with two attached hydrogens (primary N) is 1. The molecule has 0 unspecified atom stereocenters. The second-order valence-corrected chi connectivity index (χ2v) is 6.95. The molecular weight excluding hydrogens is 286 g/mol. The first-order valence-electron chi connectivity index (χ1n) is 7.25. The lowest BCUT2D eigenvalue weighted by Gasteiger charge is -2.27. The van der Waals surface area contributed by atoms with Crippen molar-refractivity contribution >= 4 is 27.9 Å². The number of thiophene rings is 1. The van der Waals surface area contributed by atoms with Crippen LogP contribution in [0.25, 0.3) is 0 Å². The third-order valence-electron chi connectivity index (χ3n) is 2.98. The highest BCUT2D eigenvalue weighted by molar-refractivity contribution is 7.19. The molecule has 6 heteroatoms. The summed E-state index contributed by atoms with van der Waals surface area (Å²) in [4.78, 5) is 14.7. The smallest absolute Gasteiger partial charge is 0.263 e. The number of nitrogens with one attached hydrogen (secondary N) is 1. The van der Waals surface area contributed by atoms with E-state index in [9.17, 15) is 4.79 Å². The number of rotatable bonds is 7. The van der Waals surface area contributed by atoms with Crippen LogP contribution in [-0.4, -0.2) is 33.2 Å². The molecule has 1 aromatic rings. The molecule has 120 valence electrons. The van der Waals surface area contributed by atoms with Gasteiger partial charge in [-0.05, 0) is 11.8 Å². The fraction of sp³-hybridized carbons (Fsp3) is 0.667. The number of carbonyl (C=O) groups is 1. The van der Waals surface area contributed by atoms with Gasteiger partial charge in [0.05, 0.1) is 7.11 Å². The molecule has 0 saturated carbocycles. The van der Waals surface area contributed by atoms with Crippen LogP contribution >= 0.6 is 11.3 Å². The van der Waals surface area contributed by atoms with Crippen molar-refractivity contribution < 1.29 is 9.53 Å². The summed E-state index contributed by atoms with van der Waals surface area (Å²) in [6.45, 7) is 10.5. The summed E-state index contributed by atoms with van der Waals surface area (Å²) < 4.78 is 5.46. The van der Waals surface area contributed by atoms with E-state index in [4.69, 9.17) is 10.5 Å². The molecular formula is C15H27N3O2S. The maximum absolute atomic E-state index is 11.9. The Bertz CT molecular complexity index is 474. The van der Waals surface area contributed by atoms with Crippen molar-refractivity contribution in [1.82, 2.24) is 5.32 Å². The van der Waals surface area contributed by atoms with Crippen LogP contribution < -0.4 is 20.7 Å². The van der Waals surface area contributed by atoms with Gasteiger partial charge in [-0.2, -0.15) is 0 Å². The van der Waals surface area contributed by atoms with Crippen LogP contribution in [-0.2, 0) is 0 Å². The lowest BCUT2D eigenvalue weighted by Crippen LogP contribution is -2.30. The summed E-state index contributed by atoms with van der Waals surface area (Å²) in [5, 5.41) is 3.57. The highest BCUT2D eigenvalue weighted by atomic mass is 32.1. The van der Waals surface area contributed by atoms with Crippen molar-refractivity contribution in [3.8, 4) is 5.75 Å². The third-order valence-corrected chi connectivity index (χ3v) is 4.22. The van der Waals surface area contributed by atoms with E-state index in [-0.39, 0.29) is 5.91 Å². The van der Waals surface area contributed by atoms with Crippen LogP contribution in [0.2, 0.25) is 0 Å². The molecule has 3 N–H and O–H groups in total. The fourth-order valence-corrected chi connectivity index (χ4v) is 3.38. The van der Waals surface area contributed by atoms with Crippen molar-refractivity contribution in [3.05, 3.63) is 4.88 Å². The van der Waals surface area contributed by atoms with Gasteiger partial charge < -0.3 is 20.7 Å². The molecule has 0 radical (unpaired) electrons. The molecule has 1 rings (SSSR count). The molecule has 0 aliphatic rings. The number of hydrogen-bond donors (Lipinski definition) is 2. The quantitative estimate of drug-likeness (QED) is 0.812. The van der Waals surface area contributed by atoms with E-state index in [1.165, 1.54) is 11.3 Å². The molecule has 0 saturated heterocycles. The van der Waals surface area contributed by atoms with Crippen LogP contribution in [0.3, 0.4) is 0 Å². The SMILES string of the molecule is CNC(=O)c1sc(N(CC(C)C)CC(C)C)c(OC)c1N. The minimum Gasteiger partial charge on any atom is -0.492 e.